The highest BCUT2D eigenvalue weighted by Gasteiger charge is 2.32. The molecule has 1 aliphatic rings. The molecule has 2 aromatic carbocycles. The van der Waals surface area contributed by atoms with E-state index in [1.807, 2.05) is 0 Å². The fraction of sp³-hybridized carbons (Fsp3) is 0.400. The third-order valence-electron chi connectivity index (χ3n) is 6.24. The van der Waals surface area contributed by atoms with Crippen molar-refractivity contribution in [1.29, 1.82) is 0 Å². The van der Waals surface area contributed by atoms with Gasteiger partial charge in [0.05, 0.1) is 24.8 Å². The minimum absolute atomic E-state index is 0.114. The first-order chi connectivity index (χ1) is 16.1. The second-order valence-electron chi connectivity index (χ2n) is 9.00. The van der Waals surface area contributed by atoms with E-state index in [2.05, 4.69) is 19.2 Å². The van der Waals surface area contributed by atoms with Crippen molar-refractivity contribution in [3.8, 4) is 11.5 Å². The van der Waals surface area contributed by atoms with Crippen LogP contribution in [-0.2, 0) is 10.0 Å². The molecule has 3 aromatic rings. The molecule has 1 fully saturated rings. The summed E-state index contributed by atoms with van der Waals surface area (Å²) in [4.78, 5) is 13.2. The number of ether oxygens (including phenoxy) is 2. The Labute approximate surface area is 199 Å². The zero-order valence-corrected chi connectivity index (χ0v) is 20.9. The van der Waals surface area contributed by atoms with Gasteiger partial charge < -0.3 is 19.2 Å². The summed E-state index contributed by atoms with van der Waals surface area (Å²) in [5.74, 6) is 1.31. The van der Waals surface area contributed by atoms with Crippen LogP contribution < -0.4 is 14.8 Å². The summed E-state index contributed by atoms with van der Waals surface area (Å²) in [6.45, 7) is 6.90. The van der Waals surface area contributed by atoms with E-state index in [9.17, 15) is 13.2 Å². The number of carbonyl (C=O) groups excluding carboxylic acids is 1. The molecule has 182 valence electrons. The molecule has 1 aromatic heterocycles. The summed E-state index contributed by atoms with van der Waals surface area (Å²) in [6.07, 6.45) is 1.02. The Morgan fingerprint density at radius 1 is 1.06 bits per heavy atom. The smallest absolute Gasteiger partial charge is 0.291 e. The first-order valence-electron chi connectivity index (χ1n) is 11.2. The number of piperidine rings is 1. The van der Waals surface area contributed by atoms with Gasteiger partial charge in [-0.05, 0) is 55.5 Å². The maximum Gasteiger partial charge on any atom is 0.291 e. The molecule has 2 atom stereocenters. The van der Waals surface area contributed by atoms with E-state index in [1.165, 1.54) is 7.11 Å². The third-order valence-corrected chi connectivity index (χ3v) is 8.07. The number of hydrogen-bond donors (Lipinski definition) is 1. The molecule has 8 nitrogen and oxygen atoms in total. The molecule has 1 saturated heterocycles. The second kappa shape index (κ2) is 9.31. The fourth-order valence-corrected chi connectivity index (χ4v) is 6.32. The Hall–Kier alpha value is -3.04. The Morgan fingerprint density at radius 3 is 2.41 bits per heavy atom. The first kappa shape index (κ1) is 24.1. The maximum absolute atomic E-state index is 13.3. The number of methoxy groups -OCH3 is 2. The van der Waals surface area contributed by atoms with Crippen molar-refractivity contribution in [1.82, 2.24) is 4.31 Å². The van der Waals surface area contributed by atoms with Crippen molar-refractivity contribution in [2.24, 2.45) is 11.8 Å². The number of sulfonamides is 1. The van der Waals surface area contributed by atoms with Gasteiger partial charge in [-0.15, -0.1) is 0 Å². The number of furan rings is 1. The lowest BCUT2D eigenvalue weighted by atomic mass is 9.94. The van der Waals surface area contributed by atoms with E-state index < -0.39 is 15.9 Å². The Kier molecular flexibility index (Phi) is 6.60. The zero-order valence-electron chi connectivity index (χ0n) is 20.0. The van der Waals surface area contributed by atoms with Crippen LogP contribution in [0.25, 0.3) is 11.0 Å². The van der Waals surface area contributed by atoms with Crippen LogP contribution >= 0.6 is 0 Å². The third kappa shape index (κ3) is 4.50. The van der Waals surface area contributed by atoms with E-state index in [1.54, 1.807) is 54.7 Å². The lowest BCUT2D eigenvalue weighted by Gasteiger charge is -2.34. The molecule has 0 spiro atoms. The predicted octanol–water partition coefficient (Wildman–Crippen LogP) is 4.68. The van der Waals surface area contributed by atoms with Gasteiger partial charge in [0.15, 0.2) is 5.76 Å². The number of aryl methyl sites for hydroxylation is 1. The van der Waals surface area contributed by atoms with Crippen LogP contribution in [-0.4, -0.2) is 45.9 Å². The first-order valence-corrected chi connectivity index (χ1v) is 12.6. The molecule has 0 unspecified atom stereocenters. The van der Waals surface area contributed by atoms with Crippen molar-refractivity contribution in [2.75, 3.05) is 32.6 Å². The topological polar surface area (TPSA) is 98.1 Å². The second-order valence-corrected chi connectivity index (χ2v) is 10.9. The van der Waals surface area contributed by atoms with E-state index in [0.717, 1.165) is 6.42 Å². The highest BCUT2D eigenvalue weighted by Crippen LogP contribution is 2.33. The molecule has 0 bridgehead atoms. The van der Waals surface area contributed by atoms with Gasteiger partial charge in [-0.1, -0.05) is 13.8 Å². The summed E-state index contributed by atoms with van der Waals surface area (Å²) in [5.41, 5.74) is 1.48. The largest absolute Gasteiger partial charge is 0.497 e. The molecule has 0 saturated carbocycles. The molecule has 4 rings (SSSR count). The van der Waals surface area contributed by atoms with Crippen molar-refractivity contribution in [3.63, 3.8) is 0 Å². The van der Waals surface area contributed by atoms with Crippen LogP contribution in [0.2, 0.25) is 0 Å². The molecular weight excluding hydrogens is 456 g/mol. The SMILES string of the molecule is COc1ccc(NC(=O)c2oc3ccc(S(=O)(=O)N4C[C@H](C)C[C@H](C)C4)cc3c2C)c(OC)c1. The molecule has 1 amide bonds. The fourth-order valence-electron chi connectivity index (χ4n) is 4.61. The van der Waals surface area contributed by atoms with Crippen LogP contribution in [0, 0.1) is 18.8 Å². The van der Waals surface area contributed by atoms with E-state index >= 15 is 0 Å². The lowest BCUT2D eigenvalue weighted by molar-refractivity contribution is 0.0997. The summed E-state index contributed by atoms with van der Waals surface area (Å²) < 4.78 is 44.6. The van der Waals surface area contributed by atoms with Gasteiger partial charge >= 0.3 is 0 Å². The predicted molar refractivity (Wildman–Crippen MR) is 130 cm³/mol. The van der Waals surface area contributed by atoms with Crippen LogP contribution in [0.4, 0.5) is 5.69 Å². The minimum Gasteiger partial charge on any atom is -0.497 e. The van der Waals surface area contributed by atoms with Crippen molar-refractivity contribution in [3.05, 3.63) is 47.7 Å². The van der Waals surface area contributed by atoms with Crippen molar-refractivity contribution < 1.29 is 27.1 Å². The Balaban J connectivity index is 1.64. The van der Waals surface area contributed by atoms with Gasteiger partial charge in [0.25, 0.3) is 5.91 Å². The number of nitrogens with one attached hydrogen (secondary N) is 1. The van der Waals surface area contributed by atoms with E-state index in [4.69, 9.17) is 13.9 Å². The van der Waals surface area contributed by atoms with E-state index in [-0.39, 0.29) is 10.7 Å². The Morgan fingerprint density at radius 2 is 1.76 bits per heavy atom. The van der Waals surface area contributed by atoms with Crippen molar-refractivity contribution >= 4 is 32.6 Å². The Bertz CT molecular complexity index is 1320. The summed E-state index contributed by atoms with van der Waals surface area (Å²) in [7, 11) is -0.599. The van der Waals surface area contributed by atoms with Gasteiger partial charge in [0.2, 0.25) is 10.0 Å². The van der Waals surface area contributed by atoms with Gasteiger partial charge in [-0.25, -0.2) is 8.42 Å². The number of nitrogens with zero attached hydrogens (tertiary/aromatic N) is 1. The molecule has 1 N–H and O–H groups in total. The minimum atomic E-state index is -3.65. The number of benzene rings is 2. The summed E-state index contributed by atoms with van der Waals surface area (Å²) in [5, 5.41) is 3.39. The summed E-state index contributed by atoms with van der Waals surface area (Å²) >= 11 is 0. The van der Waals surface area contributed by atoms with Crippen LogP contribution in [0.15, 0.2) is 45.7 Å². The summed E-state index contributed by atoms with van der Waals surface area (Å²) in [6, 6.07) is 9.80. The van der Waals surface area contributed by atoms with Gasteiger partial charge in [0.1, 0.15) is 17.1 Å². The highest BCUT2D eigenvalue weighted by molar-refractivity contribution is 7.89. The number of amides is 1. The molecule has 0 aliphatic carbocycles. The molecule has 1 aliphatic heterocycles. The number of rotatable bonds is 6. The number of anilines is 1. The monoisotopic (exact) mass is 486 g/mol. The van der Waals surface area contributed by atoms with Gasteiger partial charge in [-0.2, -0.15) is 4.31 Å². The van der Waals surface area contributed by atoms with Crippen LogP contribution in [0.1, 0.15) is 36.4 Å². The molecule has 2 heterocycles. The van der Waals surface area contributed by atoms with Crippen molar-refractivity contribution in [2.45, 2.75) is 32.1 Å². The maximum atomic E-state index is 13.3. The van der Waals surface area contributed by atoms with Gasteiger partial charge in [-0.3, -0.25) is 4.79 Å². The number of hydrogen-bond acceptors (Lipinski definition) is 6. The highest BCUT2D eigenvalue weighted by atomic mass is 32.2. The van der Waals surface area contributed by atoms with Crippen LogP contribution in [0.5, 0.6) is 11.5 Å². The average Bonchev–Trinajstić information content (AvgIpc) is 3.14. The standard InChI is InChI=1S/C25H30N2O6S/c1-15-10-16(2)14-27(13-15)34(29,30)19-7-9-22-20(12-19)17(3)24(33-22)25(28)26-21-8-6-18(31-4)11-23(21)32-5/h6-9,11-12,15-16H,10,13-14H2,1-5H3,(H,26,28)/t15-,16+. The molecule has 0 radical (unpaired) electrons. The number of fused-ring (bicyclic) bond motifs is 1. The van der Waals surface area contributed by atoms with E-state index in [0.29, 0.717) is 58.6 Å². The van der Waals surface area contributed by atoms with Crippen LogP contribution in [0.3, 0.4) is 0 Å². The molecular formula is C25H30N2O6S. The van der Waals surface area contributed by atoms with Gasteiger partial charge in [0, 0.05) is 30.1 Å². The lowest BCUT2D eigenvalue weighted by Crippen LogP contribution is -2.42. The quantitative estimate of drug-likeness (QED) is 0.543. The molecule has 9 heteroatoms. The average molecular weight is 487 g/mol. The number of carbonyl (C=O) groups is 1. The normalized spacial score (nSPS) is 19.2. The molecule has 34 heavy (non-hydrogen) atoms. The zero-order chi connectivity index (χ0) is 24.6.